The van der Waals surface area contributed by atoms with Crippen LogP contribution in [0.4, 0.5) is 8.78 Å². The molecule has 0 saturated carbocycles. The molecule has 3 heterocycles. The van der Waals surface area contributed by atoms with Gasteiger partial charge in [-0.3, -0.25) is 0 Å². The molecule has 4 rings (SSSR count). The average molecular weight is 379 g/mol. The van der Waals surface area contributed by atoms with Gasteiger partial charge in [0, 0.05) is 45.8 Å². The van der Waals surface area contributed by atoms with Crippen LogP contribution >= 0.6 is 22.9 Å². The van der Waals surface area contributed by atoms with Gasteiger partial charge in [-0.15, -0.1) is 11.3 Å². The van der Waals surface area contributed by atoms with E-state index in [4.69, 9.17) is 16.3 Å². The molecule has 128 valence electrons. The molecule has 0 bridgehead atoms. The summed E-state index contributed by atoms with van der Waals surface area (Å²) in [5.41, 5.74) is 2.58. The molecule has 3 nitrogen and oxygen atoms in total. The van der Waals surface area contributed by atoms with Crippen LogP contribution in [0.2, 0.25) is 4.34 Å². The van der Waals surface area contributed by atoms with E-state index >= 15 is 0 Å². The van der Waals surface area contributed by atoms with Crippen molar-refractivity contribution in [1.82, 2.24) is 9.97 Å². The van der Waals surface area contributed by atoms with E-state index in [0.29, 0.717) is 21.1 Å². The number of rotatable bonds is 3. The maximum absolute atomic E-state index is 14.2. The smallest absolute Gasteiger partial charge is 0.164 e. The van der Waals surface area contributed by atoms with Crippen molar-refractivity contribution in [1.29, 1.82) is 0 Å². The van der Waals surface area contributed by atoms with E-state index in [1.54, 1.807) is 12.4 Å². The van der Waals surface area contributed by atoms with Crippen molar-refractivity contribution in [3.05, 3.63) is 58.2 Å². The first-order valence-corrected chi connectivity index (χ1v) is 8.77. The molecule has 25 heavy (non-hydrogen) atoms. The van der Waals surface area contributed by atoms with Gasteiger partial charge in [0.05, 0.1) is 11.4 Å². The molecular weight excluding hydrogens is 366 g/mol. The zero-order valence-corrected chi connectivity index (χ0v) is 14.7. The topological polar surface area (TPSA) is 37.9 Å². The van der Waals surface area contributed by atoms with Gasteiger partial charge in [0.25, 0.3) is 0 Å². The molecule has 0 aliphatic heterocycles. The SMILES string of the molecule is COC1=C(c2c[nH]c3ncc(-c4ccc(Cl)s4)cc23)C=C(F)C[C@H]1F. The van der Waals surface area contributed by atoms with Crippen molar-refractivity contribution < 1.29 is 13.5 Å². The van der Waals surface area contributed by atoms with E-state index in [1.165, 1.54) is 24.5 Å². The van der Waals surface area contributed by atoms with Crippen molar-refractivity contribution in [3.8, 4) is 10.4 Å². The third-order valence-electron chi connectivity index (χ3n) is 4.12. The number of H-pyrrole nitrogens is 1. The zero-order chi connectivity index (χ0) is 17.6. The summed E-state index contributed by atoms with van der Waals surface area (Å²) in [6.45, 7) is 0. The van der Waals surface area contributed by atoms with Crippen LogP contribution in [0.5, 0.6) is 0 Å². The van der Waals surface area contributed by atoms with E-state index < -0.39 is 12.0 Å². The highest BCUT2D eigenvalue weighted by Gasteiger charge is 2.27. The summed E-state index contributed by atoms with van der Waals surface area (Å²) >= 11 is 7.45. The molecule has 1 N–H and O–H groups in total. The van der Waals surface area contributed by atoms with Crippen LogP contribution in [0, 0.1) is 0 Å². The minimum absolute atomic E-state index is 0.131. The van der Waals surface area contributed by atoms with Gasteiger partial charge in [0.15, 0.2) is 6.17 Å². The minimum atomic E-state index is -1.50. The molecule has 1 aliphatic carbocycles. The predicted octanol–water partition coefficient (Wildman–Crippen LogP) is 5.90. The van der Waals surface area contributed by atoms with Crippen LogP contribution in [0.25, 0.3) is 27.0 Å². The number of nitrogens with zero attached hydrogens (tertiary/aromatic N) is 1. The molecule has 7 heteroatoms. The van der Waals surface area contributed by atoms with E-state index in [-0.39, 0.29) is 12.2 Å². The second-order valence-corrected chi connectivity index (χ2v) is 7.39. The first-order chi connectivity index (χ1) is 12.1. The number of alkyl halides is 1. The lowest BCUT2D eigenvalue weighted by Gasteiger charge is -2.19. The number of pyridine rings is 1. The molecule has 0 unspecified atom stereocenters. The van der Waals surface area contributed by atoms with Gasteiger partial charge in [-0.25, -0.2) is 13.8 Å². The summed E-state index contributed by atoms with van der Waals surface area (Å²) in [6.07, 6.45) is 2.96. The predicted molar refractivity (Wildman–Crippen MR) is 97.0 cm³/mol. The molecule has 0 fully saturated rings. The van der Waals surface area contributed by atoms with Crippen molar-refractivity contribution in [2.24, 2.45) is 0 Å². The summed E-state index contributed by atoms with van der Waals surface area (Å²) in [6, 6.07) is 5.67. The van der Waals surface area contributed by atoms with Gasteiger partial charge < -0.3 is 9.72 Å². The lowest BCUT2D eigenvalue weighted by molar-refractivity contribution is 0.198. The van der Waals surface area contributed by atoms with E-state index in [9.17, 15) is 8.78 Å². The number of nitrogens with one attached hydrogen (secondary N) is 1. The number of ether oxygens (including phenoxy) is 1. The van der Waals surface area contributed by atoms with Gasteiger partial charge in [0.1, 0.15) is 17.2 Å². The summed E-state index contributed by atoms with van der Waals surface area (Å²) in [5.74, 6) is -0.376. The third kappa shape index (κ3) is 2.85. The highest BCUT2D eigenvalue weighted by atomic mass is 35.5. The maximum atomic E-state index is 14.2. The fourth-order valence-electron chi connectivity index (χ4n) is 3.00. The second kappa shape index (κ2) is 6.28. The van der Waals surface area contributed by atoms with E-state index in [1.807, 2.05) is 18.2 Å². The Morgan fingerprint density at radius 1 is 1.40 bits per heavy atom. The maximum Gasteiger partial charge on any atom is 0.164 e. The summed E-state index contributed by atoms with van der Waals surface area (Å²) in [5, 5.41) is 0.768. The Kier molecular flexibility index (Phi) is 4.09. The zero-order valence-electron chi connectivity index (χ0n) is 13.1. The number of aromatic amines is 1. The number of hydrogen-bond donors (Lipinski definition) is 1. The average Bonchev–Trinajstić information content (AvgIpc) is 3.19. The van der Waals surface area contributed by atoms with Crippen molar-refractivity contribution in [2.45, 2.75) is 12.6 Å². The number of allylic oxidation sites excluding steroid dienone is 4. The van der Waals surface area contributed by atoms with Gasteiger partial charge in [-0.2, -0.15) is 0 Å². The Morgan fingerprint density at radius 3 is 2.96 bits per heavy atom. The first-order valence-electron chi connectivity index (χ1n) is 7.58. The Labute approximate surface area is 151 Å². The van der Waals surface area contributed by atoms with Crippen molar-refractivity contribution in [2.75, 3.05) is 7.11 Å². The first kappa shape index (κ1) is 16.3. The Bertz CT molecular complexity index is 1020. The number of fused-ring (bicyclic) bond motifs is 1. The van der Waals surface area contributed by atoms with Gasteiger partial charge in [-0.05, 0) is 24.3 Å². The van der Waals surface area contributed by atoms with Crippen molar-refractivity contribution in [3.63, 3.8) is 0 Å². The summed E-state index contributed by atoms with van der Waals surface area (Å²) in [7, 11) is 1.39. The minimum Gasteiger partial charge on any atom is -0.497 e. The highest BCUT2D eigenvalue weighted by Crippen LogP contribution is 2.38. The highest BCUT2D eigenvalue weighted by molar-refractivity contribution is 7.19. The van der Waals surface area contributed by atoms with Crippen LogP contribution in [0.3, 0.4) is 0 Å². The standard InChI is InChI=1S/C18H13ClF2N2OS/c1-24-17-11(5-10(20)6-14(17)21)13-8-23-18-12(13)4-9(7-22-18)15-2-3-16(19)25-15/h2-5,7-8,14H,6H2,1H3,(H,22,23)/t14-/m1/s1. The lowest BCUT2D eigenvalue weighted by Crippen LogP contribution is -2.13. The summed E-state index contributed by atoms with van der Waals surface area (Å²) in [4.78, 5) is 8.43. The van der Waals surface area contributed by atoms with Gasteiger partial charge in [0.2, 0.25) is 0 Å². The fraction of sp³-hybridized carbons (Fsp3) is 0.167. The number of hydrogen-bond acceptors (Lipinski definition) is 3. The molecule has 0 aromatic carbocycles. The van der Waals surface area contributed by atoms with Crippen molar-refractivity contribution >= 4 is 39.5 Å². The van der Waals surface area contributed by atoms with Gasteiger partial charge in [-0.1, -0.05) is 11.6 Å². The lowest BCUT2D eigenvalue weighted by atomic mass is 9.96. The van der Waals surface area contributed by atoms with Gasteiger partial charge >= 0.3 is 0 Å². The third-order valence-corrected chi connectivity index (χ3v) is 5.40. The van der Waals surface area contributed by atoms with E-state index in [0.717, 1.165) is 15.8 Å². The fourth-order valence-corrected chi connectivity index (χ4v) is 4.02. The largest absolute Gasteiger partial charge is 0.497 e. The van der Waals surface area contributed by atoms with Crippen LogP contribution in [0.1, 0.15) is 12.0 Å². The Hall–Kier alpha value is -2.18. The molecule has 1 atom stereocenters. The number of halogens is 3. The number of aromatic nitrogens is 2. The molecule has 0 saturated heterocycles. The Balaban J connectivity index is 1.90. The quantitative estimate of drug-likeness (QED) is 0.616. The van der Waals surface area contributed by atoms with Crippen LogP contribution < -0.4 is 0 Å². The molecular formula is C18H13ClF2N2OS. The van der Waals surface area contributed by atoms with Crippen LogP contribution in [-0.4, -0.2) is 23.2 Å². The number of thiophene rings is 1. The van der Waals surface area contributed by atoms with Crippen LogP contribution in [0.15, 0.2) is 48.3 Å². The molecule has 0 amide bonds. The molecule has 0 radical (unpaired) electrons. The summed E-state index contributed by atoms with van der Waals surface area (Å²) < 4.78 is 33.9. The molecule has 1 aliphatic rings. The normalized spacial score (nSPS) is 17.9. The molecule has 3 aromatic heterocycles. The molecule has 0 spiro atoms. The second-order valence-electron chi connectivity index (χ2n) is 5.67. The monoisotopic (exact) mass is 378 g/mol. The van der Waals surface area contributed by atoms with Crippen LogP contribution in [-0.2, 0) is 4.74 Å². The molecule has 3 aromatic rings. The Morgan fingerprint density at radius 2 is 2.24 bits per heavy atom. The van der Waals surface area contributed by atoms with E-state index in [2.05, 4.69) is 9.97 Å². The number of methoxy groups -OCH3 is 1.